The Bertz CT molecular complexity index is 435. The van der Waals surface area contributed by atoms with Crippen molar-refractivity contribution in [2.45, 2.75) is 25.5 Å². The van der Waals surface area contributed by atoms with Crippen molar-refractivity contribution in [3.8, 4) is 0 Å². The number of carbonyl (C=O) groups is 2. The number of hydrogen-bond acceptors (Lipinski definition) is 4. The maximum absolute atomic E-state index is 11.7. The van der Waals surface area contributed by atoms with Crippen molar-refractivity contribution in [1.29, 1.82) is 0 Å². The van der Waals surface area contributed by atoms with E-state index in [2.05, 4.69) is 4.98 Å². The van der Waals surface area contributed by atoms with Crippen LogP contribution in [0.2, 0.25) is 0 Å². The monoisotopic (exact) mass is 250 g/mol. The van der Waals surface area contributed by atoms with Crippen molar-refractivity contribution in [3.05, 3.63) is 30.1 Å². The SMILES string of the molecule is O=C(O)CC1CCN(Cc2ccccn2)C(=O)O1. The van der Waals surface area contributed by atoms with Gasteiger partial charge in [0.15, 0.2) is 0 Å². The highest BCUT2D eigenvalue weighted by Crippen LogP contribution is 2.16. The van der Waals surface area contributed by atoms with Crippen LogP contribution >= 0.6 is 0 Å². The zero-order chi connectivity index (χ0) is 13.0. The van der Waals surface area contributed by atoms with Gasteiger partial charge in [-0.3, -0.25) is 9.78 Å². The van der Waals surface area contributed by atoms with Crippen molar-refractivity contribution < 1.29 is 19.4 Å². The number of cyclic esters (lactones) is 1. The van der Waals surface area contributed by atoms with Crippen LogP contribution in [0.5, 0.6) is 0 Å². The first kappa shape index (κ1) is 12.3. The third-order valence-corrected chi connectivity index (χ3v) is 2.73. The maximum Gasteiger partial charge on any atom is 0.410 e. The molecule has 2 rings (SSSR count). The summed E-state index contributed by atoms with van der Waals surface area (Å²) in [4.78, 5) is 27.9. The van der Waals surface area contributed by atoms with Gasteiger partial charge in [-0.2, -0.15) is 0 Å². The lowest BCUT2D eigenvalue weighted by molar-refractivity contribution is -0.139. The molecule has 18 heavy (non-hydrogen) atoms. The van der Waals surface area contributed by atoms with Crippen molar-refractivity contribution in [3.63, 3.8) is 0 Å². The van der Waals surface area contributed by atoms with E-state index in [9.17, 15) is 9.59 Å². The zero-order valence-corrected chi connectivity index (χ0v) is 9.78. The van der Waals surface area contributed by atoms with E-state index in [-0.39, 0.29) is 6.42 Å². The minimum atomic E-state index is -0.953. The molecule has 1 N–H and O–H groups in total. The predicted octanol–water partition coefficient (Wildman–Crippen LogP) is 1.27. The molecule has 1 aliphatic heterocycles. The molecule has 1 aliphatic rings. The molecule has 0 aliphatic carbocycles. The number of pyridine rings is 1. The van der Waals surface area contributed by atoms with Gasteiger partial charge in [0.1, 0.15) is 6.10 Å². The third-order valence-electron chi connectivity index (χ3n) is 2.73. The number of rotatable bonds is 4. The molecule has 2 heterocycles. The number of aliphatic carboxylic acids is 1. The average molecular weight is 250 g/mol. The summed E-state index contributed by atoms with van der Waals surface area (Å²) in [6.45, 7) is 0.882. The second kappa shape index (κ2) is 5.48. The summed E-state index contributed by atoms with van der Waals surface area (Å²) in [6.07, 6.45) is 1.07. The van der Waals surface area contributed by atoms with E-state index >= 15 is 0 Å². The molecule has 1 fully saturated rings. The van der Waals surface area contributed by atoms with Gasteiger partial charge in [0.2, 0.25) is 0 Å². The van der Waals surface area contributed by atoms with Gasteiger partial charge in [-0.25, -0.2) is 4.79 Å². The van der Waals surface area contributed by atoms with E-state index in [1.807, 2.05) is 12.1 Å². The van der Waals surface area contributed by atoms with Crippen LogP contribution in [0.25, 0.3) is 0 Å². The van der Waals surface area contributed by atoms with Crippen LogP contribution in [0.15, 0.2) is 24.4 Å². The molecule has 0 aromatic carbocycles. The first-order chi connectivity index (χ1) is 8.65. The van der Waals surface area contributed by atoms with Crippen molar-refractivity contribution in [2.24, 2.45) is 0 Å². The number of hydrogen-bond donors (Lipinski definition) is 1. The predicted molar refractivity (Wildman–Crippen MR) is 61.8 cm³/mol. The fraction of sp³-hybridized carbons (Fsp3) is 0.417. The van der Waals surface area contributed by atoms with Gasteiger partial charge in [0.25, 0.3) is 0 Å². The minimum Gasteiger partial charge on any atom is -0.481 e. The van der Waals surface area contributed by atoms with Crippen LogP contribution in [-0.4, -0.2) is 39.7 Å². The van der Waals surface area contributed by atoms with Crippen molar-refractivity contribution in [1.82, 2.24) is 9.88 Å². The smallest absolute Gasteiger partial charge is 0.410 e. The summed E-state index contributed by atoms with van der Waals surface area (Å²) in [5.41, 5.74) is 0.783. The molecule has 1 atom stereocenters. The summed E-state index contributed by atoms with van der Waals surface area (Å²) in [6, 6.07) is 5.49. The number of nitrogens with zero attached hydrogens (tertiary/aromatic N) is 2. The fourth-order valence-electron chi connectivity index (χ4n) is 1.84. The van der Waals surface area contributed by atoms with Crippen LogP contribution in [0.4, 0.5) is 4.79 Å². The topological polar surface area (TPSA) is 79.7 Å². The van der Waals surface area contributed by atoms with Crippen LogP contribution in [0.1, 0.15) is 18.5 Å². The van der Waals surface area contributed by atoms with Gasteiger partial charge in [0.05, 0.1) is 18.7 Å². The summed E-state index contributed by atoms with van der Waals surface area (Å²) in [7, 11) is 0. The molecule has 6 heteroatoms. The highest BCUT2D eigenvalue weighted by Gasteiger charge is 2.28. The molecule has 1 amide bonds. The lowest BCUT2D eigenvalue weighted by Crippen LogP contribution is -2.42. The third kappa shape index (κ3) is 3.19. The molecule has 1 aromatic heterocycles. The molecule has 1 saturated heterocycles. The lowest BCUT2D eigenvalue weighted by atomic mass is 10.1. The molecule has 1 unspecified atom stereocenters. The second-order valence-corrected chi connectivity index (χ2v) is 4.13. The van der Waals surface area contributed by atoms with Gasteiger partial charge in [-0.15, -0.1) is 0 Å². The minimum absolute atomic E-state index is 0.136. The molecular weight excluding hydrogens is 236 g/mol. The van der Waals surface area contributed by atoms with Gasteiger partial charge in [0, 0.05) is 19.2 Å². The van der Waals surface area contributed by atoms with Crippen LogP contribution < -0.4 is 0 Å². The highest BCUT2D eigenvalue weighted by atomic mass is 16.6. The molecule has 0 bridgehead atoms. The van der Waals surface area contributed by atoms with E-state index < -0.39 is 18.2 Å². The Kier molecular flexibility index (Phi) is 3.76. The second-order valence-electron chi connectivity index (χ2n) is 4.13. The van der Waals surface area contributed by atoms with Crippen LogP contribution in [0.3, 0.4) is 0 Å². The molecule has 0 saturated carbocycles. The highest BCUT2D eigenvalue weighted by molar-refractivity contribution is 5.71. The fourth-order valence-corrected chi connectivity index (χ4v) is 1.84. The Morgan fingerprint density at radius 3 is 3.00 bits per heavy atom. The Balaban J connectivity index is 1.90. The van der Waals surface area contributed by atoms with Gasteiger partial charge in [-0.1, -0.05) is 6.07 Å². The number of aromatic nitrogens is 1. The summed E-state index contributed by atoms with van der Waals surface area (Å²) in [5.74, 6) is -0.953. The molecule has 6 nitrogen and oxygen atoms in total. The van der Waals surface area contributed by atoms with E-state index in [1.54, 1.807) is 12.3 Å². The molecule has 1 aromatic rings. The lowest BCUT2D eigenvalue weighted by Gasteiger charge is -2.30. The first-order valence-corrected chi connectivity index (χ1v) is 5.72. The molecule has 0 radical (unpaired) electrons. The van der Waals surface area contributed by atoms with Gasteiger partial charge < -0.3 is 14.7 Å². The Hall–Kier alpha value is -2.11. The molecule has 0 spiro atoms. The molecular formula is C12H14N2O4. The first-order valence-electron chi connectivity index (χ1n) is 5.72. The number of carboxylic acids is 1. The standard InChI is InChI=1S/C12H14N2O4/c15-11(16)7-10-4-6-14(12(17)18-10)8-9-3-1-2-5-13-9/h1-3,5,10H,4,6-8H2,(H,15,16). The van der Waals surface area contributed by atoms with E-state index in [4.69, 9.17) is 9.84 Å². The largest absolute Gasteiger partial charge is 0.481 e. The van der Waals surface area contributed by atoms with Gasteiger partial charge in [-0.05, 0) is 12.1 Å². The van der Waals surface area contributed by atoms with E-state index in [1.165, 1.54) is 4.90 Å². The Labute approximate surface area is 104 Å². The number of ether oxygens (including phenoxy) is 1. The Morgan fingerprint density at radius 2 is 2.39 bits per heavy atom. The van der Waals surface area contributed by atoms with Crippen molar-refractivity contribution in [2.75, 3.05) is 6.54 Å². The Morgan fingerprint density at radius 1 is 1.56 bits per heavy atom. The zero-order valence-electron chi connectivity index (χ0n) is 9.78. The normalized spacial score (nSPS) is 19.4. The molecule has 96 valence electrons. The number of amides is 1. The number of carbonyl (C=O) groups excluding carboxylic acids is 1. The number of carboxylic acid groups (broad SMARTS) is 1. The van der Waals surface area contributed by atoms with E-state index in [0.29, 0.717) is 19.5 Å². The van der Waals surface area contributed by atoms with Crippen molar-refractivity contribution >= 4 is 12.1 Å². The average Bonchev–Trinajstić information content (AvgIpc) is 2.33. The van der Waals surface area contributed by atoms with Crippen LogP contribution in [0, 0.1) is 0 Å². The van der Waals surface area contributed by atoms with Crippen LogP contribution in [-0.2, 0) is 16.1 Å². The summed E-state index contributed by atoms with van der Waals surface area (Å²) < 4.78 is 5.06. The maximum atomic E-state index is 11.7. The van der Waals surface area contributed by atoms with E-state index in [0.717, 1.165) is 5.69 Å². The quantitative estimate of drug-likeness (QED) is 0.870. The summed E-state index contributed by atoms with van der Waals surface area (Å²) >= 11 is 0. The van der Waals surface area contributed by atoms with Gasteiger partial charge >= 0.3 is 12.1 Å². The summed E-state index contributed by atoms with van der Waals surface area (Å²) in [5, 5.41) is 8.64.